The summed E-state index contributed by atoms with van der Waals surface area (Å²) in [6.45, 7) is 5.19. The number of nitrogens with one attached hydrogen (secondary N) is 3. The number of hydrogen-bond acceptors (Lipinski definition) is 5. The van der Waals surface area contributed by atoms with Gasteiger partial charge in [0.15, 0.2) is 0 Å². The van der Waals surface area contributed by atoms with Gasteiger partial charge in [0.25, 0.3) is 5.78 Å². The lowest BCUT2D eigenvalue weighted by atomic mass is 10.0. The van der Waals surface area contributed by atoms with Gasteiger partial charge in [0.2, 0.25) is 23.6 Å². The second-order valence-corrected chi connectivity index (χ2v) is 6.25. The van der Waals surface area contributed by atoms with Crippen LogP contribution < -0.4 is 21.7 Å². The van der Waals surface area contributed by atoms with Crippen LogP contribution in [0.4, 0.5) is 13.2 Å². The van der Waals surface area contributed by atoms with Crippen molar-refractivity contribution in [2.45, 2.75) is 58.4 Å². The number of ketones is 1. The van der Waals surface area contributed by atoms with Crippen molar-refractivity contribution >= 4 is 29.4 Å². The Morgan fingerprint density at radius 2 is 1.44 bits per heavy atom. The van der Waals surface area contributed by atoms with Gasteiger partial charge >= 0.3 is 6.18 Å². The molecule has 0 spiro atoms. The van der Waals surface area contributed by atoms with Crippen LogP contribution in [-0.2, 0) is 24.0 Å². The van der Waals surface area contributed by atoms with E-state index in [-0.39, 0.29) is 0 Å². The molecular weight excluding hydrogens is 373 g/mol. The Labute approximate surface area is 153 Å². The molecule has 154 valence electrons. The van der Waals surface area contributed by atoms with Crippen LogP contribution in [-0.4, -0.2) is 53.7 Å². The van der Waals surface area contributed by atoms with Gasteiger partial charge in [-0.15, -0.1) is 0 Å². The molecule has 0 radical (unpaired) electrons. The van der Waals surface area contributed by atoms with Gasteiger partial charge in [-0.3, -0.25) is 24.0 Å². The third-order valence-electron chi connectivity index (χ3n) is 3.38. The van der Waals surface area contributed by atoms with Gasteiger partial charge in [0.05, 0.1) is 12.5 Å². The van der Waals surface area contributed by atoms with E-state index in [0.717, 1.165) is 6.92 Å². The van der Waals surface area contributed by atoms with Crippen molar-refractivity contribution in [1.29, 1.82) is 0 Å². The first-order valence-electron chi connectivity index (χ1n) is 7.94. The molecule has 4 amide bonds. The molecule has 0 aromatic carbocycles. The van der Waals surface area contributed by atoms with Gasteiger partial charge < -0.3 is 21.7 Å². The molecule has 0 bridgehead atoms. The normalized spacial score (nSPS) is 14.7. The van der Waals surface area contributed by atoms with Gasteiger partial charge in [0.1, 0.15) is 12.1 Å². The Bertz CT molecular complexity index is 607. The predicted octanol–water partition coefficient (Wildman–Crippen LogP) is -0.857. The van der Waals surface area contributed by atoms with E-state index in [2.05, 4.69) is 10.6 Å². The van der Waals surface area contributed by atoms with Gasteiger partial charge in [-0.25, -0.2) is 0 Å². The summed E-state index contributed by atoms with van der Waals surface area (Å²) in [5.74, 6) is -6.15. The van der Waals surface area contributed by atoms with E-state index in [1.807, 2.05) is 0 Å². The summed E-state index contributed by atoms with van der Waals surface area (Å²) in [6, 6.07) is -4.60. The Kier molecular flexibility index (Phi) is 8.90. The summed E-state index contributed by atoms with van der Waals surface area (Å²) in [5.41, 5.74) is 5.00. The molecule has 0 aliphatic heterocycles. The number of nitrogens with two attached hydrogens (primary N) is 1. The SMILES string of the molecule is CC(=O)N[C@H](C(=O)N[C@@H](CC(N)=O)C(=O)N[C@@H](C)C(=O)C(F)(F)F)C(C)C. The molecule has 0 aromatic rings. The quantitative estimate of drug-likeness (QED) is 0.400. The molecule has 0 saturated heterocycles. The average Bonchev–Trinajstić information content (AvgIpc) is 2.48. The highest BCUT2D eigenvalue weighted by Crippen LogP contribution is 2.17. The standard InChI is InChI=1S/C15H23F3N4O5/c1-6(2)11(21-8(4)23)14(27)22-9(5-10(19)24)13(26)20-7(3)12(25)15(16,17)18/h6-7,9,11H,5H2,1-4H3,(H2,19,24)(H,20,26)(H,21,23)(H,22,27)/t7-,9-,11-/m0/s1. The van der Waals surface area contributed by atoms with Crippen LogP contribution in [0, 0.1) is 5.92 Å². The van der Waals surface area contributed by atoms with E-state index in [1.165, 1.54) is 6.92 Å². The highest BCUT2D eigenvalue weighted by atomic mass is 19.4. The number of primary amides is 1. The maximum Gasteiger partial charge on any atom is 0.452 e. The summed E-state index contributed by atoms with van der Waals surface area (Å²) in [7, 11) is 0. The van der Waals surface area contributed by atoms with Crippen LogP contribution >= 0.6 is 0 Å². The number of rotatable bonds is 9. The molecule has 0 rings (SSSR count). The van der Waals surface area contributed by atoms with Crippen LogP contribution in [0.1, 0.15) is 34.1 Å². The third kappa shape index (κ3) is 8.51. The minimum Gasteiger partial charge on any atom is -0.370 e. The maximum atomic E-state index is 12.4. The smallest absolute Gasteiger partial charge is 0.370 e. The lowest BCUT2D eigenvalue weighted by Gasteiger charge is -2.25. The average molecular weight is 396 g/mol. The molecule has 0 fully saturated rings. The number of halogens is 3. The van der Waals surface area contributed by atoms with Crippen LogP contribution in [0.5, 0.6) is 0 Å². The molecule has 9 nitrogen and oxygen atoms in total. The first kappa shape index (κ1) is 24.3. The van der Waals surface area contributed by atoms with Crippen molar-refractivity contribution in [1.82, 2.24) is 16.0 Å². The number of alkyl halides is 3. The zero-order chi connectivity index (χ0) is 21.5. The van der Waals surface area contributed by atoms with E-state index < -0.39 is 66.1 Å². The summed E-state index contributed by atoms with van der Waals surface area (Å²) in [6.07, 6.45) is -5.88. The van der Waals surface area contributed by atoms with Crippen LogP contribution in [0.25, 0.3) is 0 Å². The number of carbonyl (C=O) groups excluding carboxylic acids is 5. The molecule has 5 N–H and O–H groups in total. The molecule has 3 atom stereocenters. The van der Waals surface area contributed by atoms with Crippen molar-refractivity contribution in [3.05, 3.63) is 0 Å². The minimum absolute atomic E-state index is 0.392. The molecule has 0 aliphatic rings. The van der Waals surface area contributed by atoms with Crippen LogP contribution in [0.3, 0.4) is 0 Å². The van der Waals surface area contributed by atoms with Gasteiger partial charge in [-0.1, -0.05) is 13.8 Å². The lowest BCUT2D eigenvalue weighted by Crippen LogP contribution is -2.57. The number of Topliss-reactive ketones (excluding diaryl/α,β-unsaturated/α-hetero) is 1. The van der Waals surface area contributed by atoms with E-state index in [4.69, 9.17) is 5.73 Å². The topological polar surface area (TPSA) is 147 Å². The molecule has 12 heteroatoms. The Morgan fingerprint density at radius 3 is 1.81 bits per heavy atom. The largest absolute Gasteiger partial charge is 0.452 e. The lowest BCUT2D eigenvalue weighted by molar-refractivity contribution is -0.173. The highest BCUT2D eigenvalue weighted by molar-refractivity contribution is 5.97. The maximum absolute atomic E-state index is 12.4. The molecule has 0 saturated carbocycles. The monoisotopic (exact) mass is 396 g/mol. The molecule has 0 aromatic heterocycles. The third-order valence-corrected chi connectivity index (χ3v) is 3.38. The second-order valence-electron chi connectivity index (χ2n) is 6.25. The Morgan fingerprint density at radius 1 is 0.926 bits per heavy atom. The van der Waals surface area contributed by atoms with E-state index in [0.29, 0.717) is 0 Å². The zero-order valence-electron chi connectivity index (χ0n) is 15.3. The summed E-state index contributed by atoms with van der Waals surface area (Å²) < 4.78 is 37.2. The van der Waals surface area contributed by atoms with E-state index in [9.17, 15) is 37.1 Å². The Hall–Kier alpha value is -2.66. The first-order valence-corrected chi connectivity index (χ1v) is 7.94. The van der Waals surface area contributed by atoms with Gasteiger partial charge in [-0.05, 0) is 12.8 Å². The highest BCUT2D eigenvalue weighted by Gasteiger charge is 2.42. The molecule has 0 aliphatic carbocycles. The van der Waals surface area contributed by atoms with Crippen molar-refractivity contribution in [2.24, 2.45) is 11.7 Å². The fourth-order valence-corrected chi connectivity index (χ4v) is 2.05. The number of hydrogen-bond donors (Lipinski definition) is 4. The predicted molar refractivity (Wildman–Crippen MR) is 86.9 cm³/mol. The molecule has 27 heavy (non-hydrogen) atoms. The van der Waals surface area contributed by atoms with Gasteiger partial charge in [-0.2, -0.15) is 13.2 Å². The van der Waals surface area contributed by atoms with E-state index in [1.54, 1.807) is 19.2 Å². The van der Waals surface area contributed by atoms with Crippen molar-refractivity contribution < 1.29 is 37.1 Å². The zero-order valence-corrected chi connectivity index (χ0v) is 15.3. The fraction of sp³-hybridized carbons (Fsp3) is 0.667. The van der Waals surface area contributed by atoms with E-state index >= 15 is 0 Å². The summed E-state index contributed by atoms with van der Waals surface area (Å²) in [4.78, 5) is 57.9. The Balaban J connectivity index is 5.29. The van der Waals surface area contributed by atoms with Gasteiger partial charge in [0, 0.05) is 6.92 Å². The number of carbonyl (C=O) groups is 5. The summed E-state index contributed by atoms with van der Waals surface area (Å²) >= 11 is 0. The van der Waals surface area contributed by atoms with Crippen molar-refractivity contribution in [3.63, 3.8) is 0 Å². The molecular formula is C15H23F3N4O5. The molecule has 0 unspecified atom stereocenters. The van der Waals surface area contributed by atoms with Crippen molar-refractivity contribution in [3.8, 4) is 0 Å². The summed E-state index contributed by atoms with van der Waals surface area (Å²) in [5, 5.41) is 6.30. The first-order chi connectivity index (χ1) is 12.2. The van der Waals surface area contributed by atoms with Crippen LogP contribution in [0.2, 0.25) is 0 Å². The fourth-order valence-electron chi connectivity index (χ4n) is 2.05. The molecule has 0 heterocycles. The van der Waals surface area contributed by atoms with Crippen LogP contribution in [0.15, 0.2) is 0 Å². The number of amides is 4. The van der Waals surface area contributed by atoms with Crippen molar-refractivity contribution in [2.75, 3.05) is 0 Å². The second kappa shape index (κ2) is 9.88. The minimum atomic E-state index is -5.16.